The molecule has 0 aromatic carbocycles. The summed E-state index contributed by atoms with van der Waals surface area (Å²) in [5.41, 5.74) is 7.27. The molecule has 0 amide bonds. The van der Waals surface area contributed by atoms with Crippen LogP contribution in [-0.2, 0) is 0 Å². The molecule has 1 aliphatic carbocycles. The first-order valence-electron chi connectivity index (χ1n) is 6.17. The quantitative estimate of drug-likeness (QED) is 0.666. The van der Waals surface area contributed by atoms with Crippen LogP contribution in [-0.4, -0.2) is 6.04 Å². The van der Waals surface area contributed by atoms with Crippen LogP contribution in [0.5, 0.6) is 0 Å². The first kappa shape index (κ1) is 11.8. The Morgan fingerprint density at radius 3 is 2.57 bits per heavy atom. The van der Waals surface area contributed by atoms with E-state index in [1.165, 1.54) is 44.1 Å². The second-order valence-corrected chi connectivity index (χ2v) is 4.70. The van der Waals surface area contributed by atoms with Crippen LogP contribution in [0.4, 0.5) is 0 Å². The van der Waals surface area contributed by atoms with Gasteiger partial charge in [-0.25, -0.2) is 0 Å². The van der Waals surface area contributed by atoms with E-state index in [4.69, 9.17) is 5.73 Å². The Morgan fingerprint density at radius 1 is 1.36 bits per heavy atom. The third-order valence-electron chi connectivity index (χ3n) is 3.59. The Bertz CT molecular complexity index is 168. The van der Waals surface area contributed by atoms with Crippen LogP contribution in [0, 0.1) is 5.92 Å². The highest BCUT2D eigenvalue weighted by molar-refractivity contribution is 5.02. The summed E-state index contributed by atoms with van der Waals surface area (Å²) in [7, 11) is 0. The SMILES string of the molecule is C=C(CC)C(N)CCC1CCCCC1. The fourth-order valence-corrected chi connectivity index (χ4v) is 2.36. The van der Waals surface area contributed by atoms with E-state index in [2.05, 4.69) is 13.5 Å². The largest absolute Gasteiger partial charge is 0.324 e. The summed E-state index contributed by atoms with van der Waals surface area (Å²) in [5.74, 6) is 0.958. The average Bonchev–Trinajstić information content (AvgIpc) is 2.26. The molecule has 0 bridgehead atoms. The fourth-order valence-electron chi connectivity index (χ4n) is 2.36. The monoisotopic (exact) mass is 195 g/mol. The van der Waals surface area contributed by atoms with E-state index < -0.39 is 0 Å². The molecule has 0 aromatic heterocycles. The summed E-state index contributed by atoms with van der Waals surface area (Å²) in [5, 5.41) is 0. The smallest absolute Gasteiger partial charge is 0.0250 e. The minimum Gasteiger partial charge on any atom is -0.324 e. The molecule has 1 aliphatic rings. The standard InChI is InChI=1S/C13H25N/c1-3-11(2)13(14)10-9-12-7-5-4-6-8-12/h12-13H,2-10,14H2,1H3. The molecule has 1 unspecified atom stereocenters. The van der Waals surface area contributed by atoms with E-state index in [1.807, 2.05) is 0 Å². The van der Waals surface area contributed by atoms with Crippen LogP contribution >= 0.6 is 0 Å². The summed E-state index contributed by atoms with van der Waals surface area (Å²) >= 11 is 0. The van der Waals surface area contributed by atoms with Crippen molar-refractivity contribution in [3.8, 4) is 0 Å². The van der Waals surface area contributed by atoms with Gasteiger partial charge in [0.05, 0.1) is 0 Å². The lowest BCUT2D eigenvalue weighted by molar-refractivity contribution is 0.327. The molecule has 0 spiro atoms. The predicted molar refractivity (Wildman–Crippen MR) is 63.2 cm³/mol. The Hall–Kier alpha value is -0.300. The molecule has 1 heteroatoms. The van der Waals surface area contributed by atoms with Gasteiger partial charge in [-0.15, -0.1) is 0 Å². The number of hydrogen-bond donors (Lipinski definition) is 1. The second-order valence-electron chi connectivity index (χ2n) is 4.70. The zero-order chi connectivity index (χ0) is 10.4. The van der Waals surface area contributed by atoms with Crippen LogP contribution in [0.3, 0.4) is 0 Å². The van der Waals surface area contributed by atoms with E-state index >= 15 is 0 Å². The Morgan fingerprint density at radius 2 is 2.00 bits per heavy atom. The zero-order valence-corrected chi connectivity index (χ0v) is 9.60. The molecular weight excluding hydrogens is 170 g/mol. The van der Waals surface area contributed by atoms with Gasteiger partial charge in [0, 0.05) is 6.04 Å². The van der Waals surface area contributed by atoms with Gasteiger partial charge in [0.1, 0.15) is 0 Å². The molecule has 0 heterocycles. The van der Waals surface area contributed by atoms with Crippen molar-refractivity contribution >= 4 is 0 Å². The number of nitrogens with two attached hydrogens (primary N) is 1. The number of rotatable bonds is 5. The first-order chi connectivity index (χ1) is 6.74. The van der Waals surface area contributed by atoms with E-state index in [1.54, 1.807) is 0 Å². The zero-order valence-electron chi connectivity index (χ0n) is 9.60. The second kappa shape index (κ2) is 6.23. The third kappa shape index (κ3) is 3.83. The van der Waals surface area contributed by atoms with Gasteiger partial charge in [0.15, 0.2) is 0 Å². The van der Waals surface area contributed by atoms with Gasteiger partial charge in [-0.05, 0) is 25.2 Å². The molecule has 0 radical (unpaired) electrons. The van der Waals surface area contributed by atoms with E-state index in [0.717, 1.165) is 18.8 Å². The molecule has 0 aliphatic heterocycles. The molecular formula is C13H25N. The average molecular weight is 195 g/mol. The van der Waals surface area contributed by atoms with Crippen molar-refractivity contribution in [2.45, 2.75) is 64.3 Å². The first-order valence-corrected chi connectivity index (χ1v) is 6.17. The lowest BCUT2D eigenvalue weighted by Crippen LogP contribution is -2.23. The van der Waals surface area contributed by atoms with Crippen LogP contribution in [0.1, 0.15) is 58.3 Å². The van der Waals surface area contributed by atoms with Gasteiger partial charge in [-0.2, -0.15) is 0 Å². The maximum Gasteiger partial charge on any atom is 0.0250 e. The van der Waals surface area contributed by atoms with E-state index in [0.29, 0.717) is 0 Å². The van der Waals surface area contributed by atoms with Crippen LogP contribution < -0.4 is 5.73 Å². The Kier molecular flexibility index (Phi) is 5.24. The summed E-state index contributed by atoms with van der Waals surface area (Å²) < 4.78 is 0. The molecule has 14 heavy (non-hydrogen) atoms. The highest BCUT2D eigenvalue weighted by Crippen LogP contribution is 2.28. The van der Waals surface area contributed by atoms with Crippen molar-refractivity contribution in [1.29, 1.82) is 0 Å². The maximum absolute atomic E-state index is 6.05. The molecule has 1 fully saturated rings. The van der Waals surface area contributed by atoms with Crippen molar-refractivity contribution in [1.82, 2.24) is 0 Å². The molecule has 0 aromatic rings. The van der Waals surface area contributed by atoms with Crippen LogP contribution in [0.15, 0.2) is 12.2 Å². The Labute approximate surface area is 88.8 Å². The minimum atomic E-state index is 0.252. The van der Waals surface area contributed by atoms with Gasteiger partial charge >= 0.3 is 0 Å². The van der Waals surface area contributed by atoms with Gasteiger partial charge in [-0.1, -0.05) is 51.2 Å². The van der Waals surface area contributed by atoms with E-state index in [-0.39, 0.29) is 6.04 Å². The third-order valence-corrected chi connectivity index (χ3v) is 3.59. The molecule has 1 saturated carbocycles. The summed E-state index contributed by atoms with van der Waals surface area (Å²) in [6, 6.07) is 0.252. The van der Waals surface area contributed by atoms with Gasteiger partial charge in [-0.3, -0.25) is 0 Å². The molecule has 0 saturated heterocycles. The van der Waals surface area contributed by atoms with Crippen LogP contribution in [0.2, 0.25) is 0 Å². The van der Waals surface area contributed by atoms with Gasteiger partial charge in [0.2, 0.25) is 0 Å². The van der Waals surface area contributed by atoms with Crippen molar-refractivity contribution in [2.24, 2.45) is 11.7 Å². The topological polar surface area (TPSA) is 26.0 Å². The summed E-state index contributed by atoms with van der Waals surface area (Å²) in [4.78, 5) is 0. The molecule has 1 atom stereocenters. The predicted octanol–water partition coefficient (Wildman–Crippen LogP) is 3.64. The maximum atomic E-state index is 6.05. The van der Waals surface area contributed by atoms with Crippen molar-refractivity contribution < 1.29 is 0 Å². The highest BCUT2D eigenvalue weighted by atomic mass is 14.6. The molecule has 82 valence electrons. The Balaban J connectivity index is 2.15. The van der Waals surface area contributed by atoms with Crippen molar-refractivity contribution in [3.63, 3.8) is 0 Å². The highest BCUT2D eigenvalue weighted by Gasteiger charge is 2.15. The normalized spacial score (nSPS) is 20.7. The lowest BCUT2D eigenvalue weighted by atomic mass is 9.84. The van der Waals surface area contributed by atoms with Gasteiger partial charge in [0.25, 0.3) is 0 Å². The summed E-state index contributed by atoms with van der Waals surface area (Å²) in [6.45, 7) is 6.15. The van der Waals surface area contributed by atoms with Crippen molar-refractivity contribution in [2.75, 3.05) is 0 Å². The van der Waals surface area contributed by atoms with Crippen LogP contribution in [0.25, 0.3) is 0 Å². The fraction of sp³-hybridized carbons (Fsp3) is 0.846. The molecule has 1 rings (SSSR count). The van der Waals surface area contributed by atoms with E-state index in [9.17, 15) is 0 Å². The van der Waals surface area contributed by atoms with Gasteiger partial charge < -0.3 is 5.73 Å². The number of hydrogen-bond acceptors (Lipinski definition) is 1. The van der Waals surface area contributed by atoms with Crippen molar-refractivity contribution in [3.05, 3.63) is 12.2 Å². The minimum absolute atomic E-state index is 0.252. The molecule has 2 N–H and O–H groups in total. The lowest BCUT2D eigenvalue weighted by Gasteiger charge is -2.23. The summed E-state index contributed by atoms with van der Waals surface area (Å²) in [6.07, 6.45) is 10.7. The molecule has 1 nitrogen and oxygen atoms in total.